The van der Waals surface area contributed by atoms with Gasteiger partial charge >= 0.3 is 0 Å². The van der Waals surface area contributed by atoms with Crippen LogP contribution in [-0.4, -0.2) is 29.1 Å². The number of oxazole rings is 1. The summed E-state index contributed by atoms with van der Waals surface area (Å²) in [6, 6.07) is 67.0. The second-order valence-corrected chi connectivity index (χ2v) is 14.7. The molecule has 0 aliphatic heterocycles. The van der Waals surface area contributed by atoms with Crippen LogP contribution in [0.2, 0.25) is 0 Å². The Kier molecular flexibility index (Phi) is 7.40. The normalized spacial score (nSPS) is 11.7. The van der Waals surface area contributed by atoms with Crippen LogP contribution in [0, 0.1) is 0 Å². The molecule has 59 heavy (non-hydrogen) atoms. The third-order valence-electron chi connectivity index (χ3n) is 11.2. The fraction of sp³-hybridized carbons (Fsp3) is 0. The van der Waals surface area contributed by atoms with E-state index in [2.05, 4.69) is 143 Å². The van der Waals surface area contributed by atoms with Crippen LogP contribution in [0.15, 0.2) is 199 Å². The van der Waals surface area contributed by atoms with Gasteiger partial charge in [-0.25, -0.2) is 19.9 Å². The summed E-state index contributed by atoms with van der Waals surface area (Å²) in [6.45, 7) is 0. The molecule has 7 nitrogen and oxygen atoms in total. The number of hydrogen-bond acceptors (Lipinski definition) is 5. The van der Waals surface area contributed by atoms with Gasteiger partial charge in [0.05, 0.1) is 22.1 Å². The molecule has 4 heterocycles. The summed E-state index contributed by atoms with van der Waals surface area (Å²) in [5, 5.41) is 4.59. The highest BCUT2D eigenvalue weighted by atomic mass is 16.3. The molecule has 0 atom stereocenters. The van der Waals surface area contributed by atoms with Crippen molar-refractivity contribution in [3.05, 3.63) is 194 Å². The van der Waals surface area contributed by atoms with E-state index in [4.69, 9.17) is 24.4 Å². The van der Waals surface area contributed by atoms with Gasteiger partial charge < -0.3 is 13.6 Å². The van der Waals surface area contributed by atoms with Gasteiger partial charge in [0, 0.05) is 55.2 Å². The second-order valence-electron chi connectivity index (χ2n) is 14.7. The van der Waals surface area contributed by atoms with Crippen LogP contribution in [0.4, 0.5) is 0 Å². The molecule has 7 heteroatoms. The van der Waals surface area contributed by atoms with E-state index < -0.39 is 0 Å². The van der Waals surface area contributed by atoms with Gasteiger partial charge in [0.15, 0.2) is 23.1 Å². The van der Waals surface area contributed by atoms with E-state index in [1.165, 1.54) is 0 Å². The van der Waals surface area contributed by atoms with E-state index in [0.717, 1.165) is 88.3 Å². The number of nitrogens with zero attached hydrogens (tertiary/aromatic N) is 6. The third-order valence-corrected chi connectivity index (χ3v) is 11.2. The zero-order valence-corrected chi connectivity index (χ0v) is 31.6. The van der Waals surface area contributed by atoms with Gasteiger partial charge in [-0.1, -0.05) is 97.1 Å². The lowest BCUT2D eigenvalue weighted by Gasteiger charge is -2.10. The molecule has 0 fully saturated rings. The largest absolute Gasteiger partial charge is 0.436 e. The Balaban J connectivity index is 1.04. The van der Waals surface area contributed by atoms with Crippen molar-refractivity contribution in [2.75, 3.05) is 0 Å². The Hall–Kier alpha value is -8.16. The van der Waals surface area contributed by atoms with Gasteiger partial charge in [-0.05, 0) is 97.1 Å². The lowest BCUT2D eigenvalue weighted by Crippen LogP contribution is -2.00. The quantitative estimate of drug-likeness (QED) is 0.169. The Bertz CT molecular complexity index is 3340. The summed E-state index contributed by atoms with van der Waals surface area (Å²) in [5.74, 6) is 2.34. The standard InChI is InChI=1S/C52H32N6O/c1-3-13-37(14-4-1)57-44-20-10-7-17-39(44)41-31-35(27-29-46(41)57)50-54-49(33-23-25-34(26-24-33)52-53-43-19-9-12-22-48(43)59-52)55-51(56-50)36-28-30-47-42(32-36)40-18-8-11-21-45(40)58(47)38-15-5-2-6-16-38/h1-32H. The summed E-state index contributed by atoms with van der Waals surface area (Å²) >= 11 is 0. The molecular weight excluding hydrogens is 725 g/mol. The van der Waals surface area contributed by atoms with E-state index in [-0.39, 0.29) is 0 Å². The zero-order chi connectivity index (χ0) is 38.9. The van der Waals surface area contributed by atoms with E-state index in [9.17, 15) is 0 Å². The molecular formula is C52H32N6O. The Morgan fingerprint density at radius 1 is 0.322 bits per heavy atom. The van der Waals surface area contributed by atoms with Crippen molar-refractivity contribution in [2.45, 2.75) is 0 Å². The topological polar surface area (TPSA) is 74.6 Å². The number of fused-ring (bicyclic) bond motifs is 7. The minimum absolute atomic E-state index is 0.570. The molecule has 0 amide bonds. The summed E-state index contributed by atoms with van der Waals surface area (Å²) < 4.78 is 10.7. The lowest BCUT2D eigenvalue weighted by atomic mass is 10.1. The molecule has 0 spiro atoms. The maximum absolute atomic E-state index is 6.09. The maximum atomic E-state index is 6.09. The van der Waals surface area contributed by atoms with Crippen LogP contribution in [-0.2, 0) is 0 Å². The minimum atomic E-state index is 0.570. The summed E-state index contributed by atoms with van der Waals surface area (Å²) in [7, 11) is 0. The van der Waals surface area contributed by atoms with Crippen molar-refractivity contribution in [1.82, 2.24) is 29.1 Å². The maximum Gasteiger partial charge on any atom is 0.227 e. The smallest absolute Gasteiger partial charge is 0.227 e. The molecule has 0 aliphatic carbocycles. The van der Waals surface area contributed by atoms with Gasteiger partial charge in [0.1, 0.15) is 5.52 Å². The first-order valence-electron chi connectivity index (χ1n) is 19.6. The zero-order valence-electron chi connectivity index (χ0n) is 31.6. The van der Waals surface area contributed by atoms with Crippen LogP contribution in [0.1, 0.15) is 0 Å². The van der Waals surface area contributed by atoms with E-state index in [0.29, 0.717) is 23.4 Å². The van der Waals surface area contributed by atoms with Crippen LogP contribution >= 0.6 is 0 Å². The molecule has 0 N–H and O–H groups in total. The van der Waals surface area contributed by atoms with Crippen LogP contribution in [0.3, 0.4) is 0 Å². The van der Waals surface area contributed by atoms with E-state index in [1.807, 2.05) is 60.7 Å². The summed E-state index contributed by atoms with van der Waals surface area (Å²) in [6.07, 6.45) is 0. The van der Waals surface area contributed by atoms with Crippen molar-refractivity contribution in [2.24, 2.45) is 0 Å². The molecule has 4 aromatic heterocycles. The minimum Gasteiger partial charge on any atom is -0.436 e. The van der Waals surface area contributed by atoms with Gasteiger partial charge in [0.2, 0.25) is 5.89 Å². The number of aromatic nitrogens is 6. The molecule has 0 radical (unpaired) electrons. The van der Waals surface area contributed by atoms with E-state index in [1.54, 1.807) is 0 Å². The molecule has 0 bridgehead atoms. The molecule has 12 aromatic rings. The molecule has 12 rings (SSSR count). The molecule has 8 aromatic carbocycles. The lowest BCUT2D eigenvalue weighted by molar-refractivity contribution is 0.620. The van der Waals surface area contributed by atoms with E-state index >= 15 is 0 Å². The average molecular weight is 757 g/mol. The average Bonchev–Trinajstić information content (AvgIpc) is 3.99. The fourth-order valence-corrected chi connectivity index (χ4v) is 8.46. The molecule has 0 unspecified atom stereocenters. The van der Waals surface area contributed by atoms with Gasteiger partial charge in [-0.15, -0.1) is 0 Å². The first kappa shape index (κ1) is 33.0. The highest BCUT2D eigenvalue weighted by Crippen LogP contribution is 2.37. The monoisotopic (exact) mass is 756 g/mol. The Morgan fingerprint density at radius 3 is 1.29 bits per heavy atom. The predicted octanol–water partition coefficient (Wildman–Crippen LogP) is 12.9. The van der Waals surface area contributed by atoms with Crippen LogP contribution < -0.4 is 0 Å². The number of para-hydroxylation sites is 6. The number of benzene rings is 8. The molecule has 276 valence electrons. The van der Waals surface area contributed by atoms with Crippen LogP contribution in [0.5, 0.6) is 0 Å². The molecule has 0 saturated carbocycles. The fourth-order valence-electron chi connectivity index (χ4n) is 8.46. The SMILES string of the molecule is c1ccc(-n2c3ccccc3c3cc(-c4nc(-c5ccc(-c6nc7ccccc7o6)cc5)nc(-c5ccc6c(c5)c5ccccc5n6-c5ccccc5)n4)ccc32)cc1. The first-order chi connectivity index (χ1) is 29.2. The molecule has 0 aliphatic rings. The highest BCUT2D eigenvalue weighted by Gasteiger charge is 2.19. The molecule has 0 saturated heterocycles. The summed E-state index contributed by atoms with van der Waals surface area (Å²) in [5.41, 5.74) is 11.9. The van der Waals surface area contributed by atoms with Crippen LogP contribution in [0.25, 0.3) is 112 Å². The van der Waals surface area contributed by atoms with Gasteiger partial charge in [-0.2, -0.15) is 0 Å². The van der Waals surface area contributed by atoms with Crippen molar-refractivity contribution >= 4 is 54.7 Å². The Labute approximate surface area is 338 Å². The van der Waals surface area contributed by atoms with Crippen molar-refractivity contribution in [3.8, 4) is 57.0 Å². The van der Waals surface area contributed by atoms with Crippen molar-refractivity contribution < 1.29 is 4.42 Å². The summed E-state index contributed by atoms with van der Waals surface area (Å²) in [4.78, 5) is 20.3. The number of hydrogen-bond donors (Lipinski definition) is 0. The van der Waals surface area contributed by atoms with Gasteiger partial charge in [0.25, 0.3) is 0 Å². The highest BCUT2D eigenvalue weighted by molar-refractivity contribution is 6.11. The number of rotatable bonds is 6. The van der Waals surface area contributed by atoms with Crippen molar-refractivity contribution in [3.63, 3.8) is 0 Å². The predicted molar refractivity (Wildman–Crippen MR) is 238 cm³/mol. The third kappa shape index (κ3) is 5.44. The first-order valence-corrected chi connectivity index (χ1v) is 19.6. The Morgan fingerprint density at radius 2 is 0.746 bits per heavy atom. The van der Waals surface area contributed by atoms with Gasteiger partial charge in [-0.3, -0.25) is 0 Å². The van der Waals surface area contributed by atoms with Crippen molar-refractivity contribution in [1.29, 1.82) is 0 Å². The second kappa shape index (κ2) is 13.2.